The molecule has 16 heavy (non-hydrogen) atoms. The molecule has 6 heteroatoms. The Hall–Kier alpha value is -1.93. The minimum atomic E-state index is -0.849. The van der Waals surface area contributed by atoms with Crippen LogP contribution in [0.25, 0.3) is 0 Å². The van der Waals surface area contributed by atoms with Crippen LogP contribution < -0.4 is 0 Å². The summed E-state index contributed by atoms with van der Waals surface area (Å²) in [4.78, 5) is 21.5. The molecule has 0 spiro atoms. The number of nitrogens with zero attached hydrogens (tertiary/aromatic N) is 2. The molecule has 0 heterocycles. The van der Waals surface area contributed by atoms with Gasteiger partial charge in [0.25, 0.3) is 5.69 Å². The number of carbonyl (C=O) groups is 1. The van der Waals surface area contributed by atoms with Gasteiger partial charge in [0.2, 0.25) is 0 Å². The smallest absolute Gasteiger partial charge is 0.271 e. The van der Waals surface area contributed by atoms with E-state index in [2.05, 4.69) is 0 Å². The zero-order valence-electron chi connectivity index (χ0n) is 8.31. The third-order valence-electron chi connectivity index (χ3n) is 1.96. The molecule has 0 radical (unpaired) electrons. The summed E-state index contributed by atoms with van der Waals surface area (Å²) in [5.74, 6) is -1.33. The number of nitro groups is 1. The SMILES string of the molecule is CC(C#N)C(=O)c1cc(Cl)cc([N+](=O)[O-])c1. The quantitative estimate of drug-likeness (QED) is 0.460. The van der Waals surface area contributed by atoms with Gasteiger partial charge in [0.1, 0.15) is 5.92 Å². The van der Waals surface area contributed by atoms with E-state index in [-0.39, 0.29) is 16.3 Å². The maximum atomic E-state index is 11.6. The van der Waals surface area contributed by atoms with Gasteiger partial charge in [-0.25, -0.2) is 0 Å². The zero-order chi connectivity index (χ0) is 12.3. The zero-order valence-corrected chi connectivity index (χ0v) is 9.06. The standard InChI is InChI=1S/C10H7ClN2O3/c1-6(5-12)10(14)7-2-8(11)4-9(3-7)13(15)16/h2-4,6H,1H3. The minimum Gasteiger partial charge on any atom is -0.293 e. The fraction of sp³-hybridized carbons (Fsp3) is 0.200. The summed E-state index contributed by atoms with van der Waals surface area (Å²) in [5.41, 5.74) is -0.186. The highest BCUT2D eigenvalue weighted by molar-refractivity contribution is 6.31. The molecule has 1 atom stereocenters. The van der Waals surface area contributed by atoms with Crippen molar-refractivity contribution in [2.24, 2.45) is 5.92 Å². The lowest BCUT2D eigenvalue weighted by Crippen LogP contribution is -2.09. The molecule has 0 amide bonds. The Morgan fingerprint density at radius 2 is 2.19 bits per heavy atom. The number of benzene rings is 1. The number of carbonyl (C=O) groups excluding carboxylic acids is 1. The molecule has 0 aliphatic carbocycles. The van der Waals surface area contributed by atoms with Crippen molar-refractivity contribution in [1.82, 2.24) is 0 Å². The van der Waals surface area contributed by atoms with Crippen molar-refractivity contribution >= 4 is 23.1 Å². The van der Waals surface area contributed by atoms with E-state index >= 15 is 0 Å². The van der Waals surface area contributed by atoms with Crippen LogP contribution in [0.15, 0.2) is 18.2 Å². The number of nitro benzene ring substituents is 1. The fourth-order valence-corrected chi connectivity index (χ4v) is 1.36. The van der Waals surface area contributed by atoms with Crippen molar-refractivity contribution in [2.75, 3.05) is 0 Å². The molecule has 1 rings (SSSR count). The van der Waals surface area contributed by atoms with Gasteiger partial charge >= 0.3 is 0 Å². The lowest BCUT2D eigenvalue weighted by Gasteiger charge is -2.02. The van der Waals surface area contributed by atoms with Gasteiger partial charge in [-0.3, -0.25) is 14.9 Å². The number of Topliss-reactive ketones (excluding diaryl/α,β-unsaturated/α-hetero) is 1. The van der Waals surface area contributed by atoms with E-state index in [0.717, 1.165) is 12.1 Å². The highest BCUT2D eigenvalue weighted by atomic mass is 35.5. The Morgan fingerprint density at radius 3 is 2.69 bits per heavy atom. The first kappa shape index (κ1) is 12.1. The van der Waals surface area contributed by atoms with Gasteiger partial charge in [-0.1, -0.05) is 11.6 Å². The number of hydrogen-bond acceptors (Lipinski definition) is 4. The summed E-state index contributed by atoms with van der Waals surface area (Å²) in [7, 11) is 0. The highest BCUT2D eigenvalue weighted by Crippen LogP contribution is 2.22. The molecule has 0 fully saturated rings. The number of non-ortho nitro benzene ring substituents is 1. The van der Waals surface area contributed by atoms with Gasteiger partial charge in [0, 0.05) is 22.7 Å². The van der Waals surface area contributed by atoms with E-state index in [0.29, 0.717) is 0 Å². The Balaban J connectivity index is 3.21. The molecule has 0 saturated heterocycles. The van der Waals surface area contributed by atoms with Gasteiger partial charge in [0.05, 0.1) is 11.0 Å². The van der Waals surface area contributed by atoms with Gasteiger partial charge in [-0.05, 0) is 13.0 Å². The lowest BCUT2D eigenvalue weighted by molar-refractivity contribution is -0.384. The van der Waals surface area contributed by atoms with Crippen molar-refractivity contribution in [3.8, 4) is 6.07 Å². The summed E-state index contributed by atoms with van der Waals surface area (Å²) >= 11 is 5.65. The van der Waals surface area contributed by atoms with Crippen LogP contribution in [0, 0.1) is 27.4 Å². The van der Waals surface area contributed by atoms with Crippen molar-refractivity contribution in [1.29, 1.82) is 5.26 Å². The molecule has 1 aromatic rings. The van der Waals surface area contributed by atoms with Crippen molar-refractivity contribution in [3.63, 3.8) is 0 Å². The van der Waals surface area contributed by atoms with Gasteiger partial charge < -0.3 is 0 Å². The molecular formula is C10H7ClN2O3. The highest BCUT2D eigenvalue weighted by Gasteiger charge is 2.18. The predicted octanol–water partition coefficient (Wildman–Crippen LogP) is 2.59. The summed E-state index contributed by atoms with van der Waals surface area (Å²) in [6.45, 7) is 1.43. The molecule has 1 unspecified atom stereocenters. The van der Waals surface area contributed by atoms with Crippen LogP contribution >= 0.6 is 11.6 Å². The summed E-state index contributed by atoms with van der Waals surface area (Å²) in [6, 6.07) is 5.34. The first-order chi connectivity index (χ1) is 7.45. The maximum absolute atomic E-state index is 11.6. The van der Waals surface area contributed by atoms with Gasteiger partial charge in [-0.2, -0.15) is 5.26 Å². The molecule has 0 saturated carbocycles. The average molecular weight is 239 g/mol. The van der Waals surface area contributed by atoms with Crippen molar-refractivity contribution in [2.45, 2.75) is 6.92 Å². The molecule has 0 aromatic heterocycles. The molecule has 0 aliphatic rings. The van der Waals surface area contributed by atoms with Crippen LogP contribution in [0.1, 0.15) is 17.3 Å². The Bertz CT molecular complexity index is 493. The third kappa shape index (κ3) is 2.55. The minimum absolute atomic E-state index is 0.0771. The van der Waals surface area contributed by atoms with Gasteiger partial charge in [0.15, 0.2) is 5.78 Å². The second-order valence-electron chi connectivity index (χ2n) is 3.17. The first-order valence-electron chi connectivity index (χ1n) is 4.34. The molecule has 5 nitrogen and oxygen atoms in total. The Kier molecular flexibility index (Phi) is 3.59. The fourth-order valence-electron chi connectivity index (χ4n) is 1.13. The van der Waals surface area contributed by atoms with Crippen LogP contribution in [-0.4, -0.2) is 10.7 Å². The second kappa shape index (κ2) is 4.73. The van der Waals surface area contributed by atoms with E-state index in [1.807, 2.05) is 0 Å². The second-order valence-corrected chi connectivity index (χ2v) is 3.61. The third-order valence-corrected chi connectivity index (χ3v) is 2.18. The summed E-state index contributed by atoms with van der Waals surface area (Å²) in [6.07, 6.45) is 0. The van der Waals surface area contributed by atoms with Crippen LogP contribution in [-0.2, 0) is 0 Å². The van der Waals surface area contributed by atoms with Crippen LogP contribution in [0.4, 0.5) is 5.69 Å². The van der Waals surface area contributed by atoms with E-state index in [4.69, 9.17) is 16.9 Å². The average Bonchev–Trinajstić information content (AvgIpc) is 2.26. The van der Waals surface area contributed by atoms with E-state index < -0.39 is 16.6 Å². The molecular weight excluding hydrogens is 232 g/mol. The van der Waals surface area contributed by atoms with E-state index in [1.54, 1.807) is 6.07 Å². The van der Waals surface area contributed by atoms with Gasteiger partial charge in [-0.15, -0.1) is 0 Å². The number of halogens is 1. The van der Waals surface area contributed by atoms with Crippen molar-refractivity contribution in [3.05, 3.63) is 38.9 Å². The Morgan fingerprint density at radius 1 is 1.56 bits per heavy atom. The molecule has 0 bridgehead atoms. The number of rotatable bonds is 3. The first-order valence-corrected chi connectivity index (χ1v) is 4.72. The molecule has 82 valence electrons. The van der Waals surface area contributed by atoms with Crippen LogP contribution in [0.2, 0.25) is 5.02 Å². The normalized spacial score (nSPS) is 11.6. The molecule has 0 aliphatic heterocycles. The topological polar surface area (TPSA) is 84.0 Å². The van der Waals surface area contributed by atoms with Crippen LogP contribution in [0.5, 0.6) is 0 Å². The lowest BCUT2D eigenvalue weighted by atomic mass is 10.0. The van der Waals surface area contributed by atoms with E-state index in [1.165, 1.54) is 13.0 Å². The monoisotopic (exact) mass is 238 g/mol. The summed E-state index contributed by atoms with van der Waals surface area (Å²) < 4.78 is 0. The summed E-state index contributed by atoms with van der Waals surface area (Å²) in [5, 5.41) is 19.2. The van der Waals surface area contributed by atoms with E-state index in [9.17, 15) is 14.9 Å². The molecule has 0 N–H and O–H groups in total. The predicted molar refractivity (Wildman–Crippen MR) is 57.2 cm³/mol. The maximum Gasteiger partial charge on any atom is 0.271 e. The Labute approximate surface area is 96.4 Å². The van der Waals surface area contributed by atoms with Crippen molar-refractivity contribution < 1.29 is 9.72 Å². The van der Waals surface area contributed by atoms with Crippen LogP contribution in [0.3, 0.4) is 0 Å². The number of ketones is 1. The molecule has 1 aromatic carbocycles. The number of nitriles is 1. The largest absolute Gasteiger partial charge is 0.293 e. The number of hydrogen-bond donors (Lipinski definition) is 0.